The van der Waals surface area contributed by atoms with Gasteiger partial charge in [0.2, 0.25) is 15.9 Å². The molecule has 0 spiro atoms. The Balaban J connectivity index is 1.35. The van der Waals surface area contributed by atoms with Crippen LogP contribution >= 0.6 is 0 Å². The minimum Gasteiger partial charge on any atom is -0.349 e. The normalized spacial score (nSPS) is 16.1. The van der Waals surface area contributed by atoms with Crippen molar-refractivity contribution >= 4 is 27.0 Å². The third kappa shape index (κ3) is 3.97. The molecule has 1 aliphatic rings. The van der Waals surface area contributed by atoms with Crippen LogP contribution in [0, 0.1) is 12.8 Å². The van der Waals surface area contributed by atoms with Crippen molar-refractivity contribution in [3.63, 3.8) is 0 Å². The van der Waals surface area contributed by atoms with Crippen LogP contribution in [0.4, 0.5) is 0 Å². The summed E-state index contributed by atoms with van der Waals surface area (Å²) in [5.41, 5.74) is 2.94. The summed E-state index contributed by atoms with van der Waals surface area (Å²) >= 11 is 0. The predicted molar refractivity (Wildman–Crippen MR) is 115 cm³/mol. The van der Waals surface area contributed by atoms with E-state index in [9.17, 15) is 13.2 Å². The topological polar surface area (TPSA) is 84.3 Å². The Bertz CT molecular complexity index is 1160. The lowest BCUT2D eigenvalue weighted by Gasteiger charge is -2.30. The maximum absolute atomic E-state index is 12.8. The van der Waals surface area contributed by atoms with Gasteiger partial charge in [-0.2, -0.15) is 4.31 Å². The van der Waals surface area contributed by atoms with Crippen LogP contribution in [-0.4, -0.2) is 41.3 Å². The smallest absolute Gasteiger partial charge is 0.243 e. The zero-order chi connectivity index (χ0) is 21.3. The van der Waals surface area contributed by atoms with Gasteiger partial charge in [-0.15, -0.1) is 0 Å². The van der Waals surface area contributed by atoms with Crippen molar-refractivity contribution in [1.82, 2.24) is 19.2 Å². The molecule has 2 aromatic carbocycles. The fraction of sp³-hybridized carbons (Fsp3) is 0.364. The number of sulfonamides is 1. The highest BCUT2D eigenvalue weighted by Gasteiger charge is 2.32. The van der Waals surface area contributed by atoms with E-state index in [0.717, 1.165) is 22.4 Å². The van der Waals surface area contributed by atoms with E-state index in [0.29, 0.717) is 37.4 Å². The molecule has 1 saturated heterocycles. The SMILES string of the molecule is Cc1ccc(S(=O)(=O)N2CCC(C(=O)NCc3nc4ccccc4n3C)CC2)cc1. The molecule has 7 nitrogen and oxygen atoms in total. The van der Waals surface area contributed by atoms with Crippen molar-refractivity contribution in [2.75, 3.05) is 13.1 Å². The van der Waals surface area contributed by atoms with Crippen molar-refractivity contribution < 1.29 is 13.2 Å². The summed E-state index contributed by atoms with van der Waals surface area (Å²) in [5.74, 6) is 0.558. The summed E-state index contributed by atoms with van der Waals surface area (Å²) in [6, 6.07) is 14.7. The number of imidazole rings is 1. The molecule has 4 rings (SSSR count). The standard InChI is InChI=1S/C22H26N4O3S/c1-16-7-9-18(10-8-16)30(28,29)26-13-11-17(12-14-26)22(27)23-15-21-24-19-5-3-4-6-20(19)25(21)2/h3-10,17H,11-15H2,1-2H3,(H,23,27). The van der Waals surface area contributed by atoms with Crippen LogP contribution in [0.3, 0.4) is 0 Å². The molecule has 158 valence electrons. The number of carbonyl (C=O) groups is 1. The number of aryl methyl sites for hydroxylation is 2. The van der Waals surface area contributed by atoms with Crippen LogP contribution in [0.1, 0.15) is 24.2 Å². The number of piperidine rings is 1. The summed E-state index contributed by atoms with van der Waals surface area (Å²) in [6.45, 7) is 2.97. The number of benzene rings is 2. The van der Waals surface area contributed by atoms with Gasteiger partial charge in [0.25, 0.3) is 0 Å². The van der Waals surface area contributed by atoms with Gasteiger partial charge in [0, 0.05) is 26.1 Å². The summed E-state index contributed by atoms with van der Waals surface area (Å²) in [7, 11) is -1.58. The average Bonchev–Trinajstić information content (AvgIpc) is 3.08. The zero-order valence-corrected chi connectivity index (χ0v) is 18.0. The minimum atomic E-state index is -3.52. The van der Waals surface area contributed by atoms with Crippen molar-refractivity contribution in [2.45, 2.75) is 31.2 Å². The van der Waals surface area contributed by atoms with E-state index in [-0.39, 0.29) is 11.8 Å². The van der Waals surface area contributed by atoms with Gasteiger partial charge in [-0.05, 0) is 44.0 Å². The molecule has 1 amide bonds. The first kappa shape index (κ1) is 20.6. The lowest BCUT2D eigenvalue weighted by Crippen LogP contribution is -2.43. The molecule has 0 unspecified atom stereocenters. The fourth-order valence-electron chi connectivity index (χ4n) is 3.88. The third-order valence-corrected chi connectivity index (χ3v) is 7.70. The summed E-state index contributed by atoms with van der Waals surface area (Å²) in [5, 5.41) is 2.97. The van der Waals surface area contributed by atoms with Gasteiger partial charge in [0.1, 0.15) is 5.82 Å². The lowest BCUT2D eigenvalue weighted by molar-refractivity contribution is -0.126. The molecule has 2 heterocycles. The Morgan fingerprint density at radius 3 is 2.43 bits per heavy atom. The number of rotatable bonds is 5. The summed E-state index contributed by atoms with van der Waals surface area (Å²) in [4.78, 5) is 17.5. The Hall–Kier alpha value is -2.71. The molecular weight excluding hydrogens is 400 g/mol. The van der Waals surface area contributed by atoms with E-state index in [2.05, 4.69) is 10.3 Å². The van der Waals surface area contributed by atoms with Crippen molar-refractivity contribution in [1.29, 1.82) is 0 Å². The first-order chi connectivity index (χ1) is 14.4. The van der Waals surface area contributed by atoms with Gasteiger partial charge in [-0.1, -0.05) is 29.8 Å². The van der Waals surface area contributed by atoms with Crippen LogP contribution in [-0.2, 0) is 28.4 Å². The van der Waals surface area contributed by atoms with Crippen LogP contribution < -0.4 is 5.32 Å². The molecule has 0 radical (unpaired) electrons. The molecule has 0 saturated carbocycles. The number of hydrogen-bond acceptors (Lipinski definition) is 4. The van der Waals surface area contributed by atoms with E-state index in [1.807, 2.05) is 42.8 Å². The fourth-order valence-corrected chi connectivity index (χ4v) is 5.35. The highest BCUT2D eigenvalue weighted by molar-refractivity contribution is 7.89. The number of amides is 1. The second-order valence-corrected chi connectivity index (χ2v) is 9.72. The Morgan fingerprint density at radius 2 is 1.77 bits per heavy atom. The lowest BCUT2D eigenvalue weighted by atomic mass is 9.97. The largest absolute Gasteiger partial charge is 0.349 e. The molecule has 1 aromatic heterocycles. The van der Waals surface area contributed by atoms with Gasteiger partial charge in [0.15, 0.2) is 0 Å². The van der Waals surface area contributed by atoms with E-state index >= 15 is 0 Å². The van der Waals surface area contributed by atoms with Gasteiger partial charge < -0.3 is 9.88 Å². The van der Waals surface area contributed by atoms with Crippen LogP contribution in [0.15, 0.2) is 53.4 Å². The predicted octanol–water partition coefficient (Wildman–Crippen LogP) is 2.60. The Morgan fingerprint density at radius 1 is 1.10 bits per heavy atom. The maximum atomic E-state index is 12.8. The average molecular weight is 427 g/mol. The first-order valence-corrected chi connectivity index (χ1v) is 11.5. The van der Waals surface area contributed by atoms with E-state index in [1.54, 1.807) is 24.3 Å². The molecule has 0 aliphatic carbocycles. The van der Waals surface area contributed by atoms with Crippen molar-refractivity contribution in [3.8, 4) is 0 Å². The molecule has 0 bridgehead atoms. The number of aromatic nitrogens is 2. The molecule has 3 aromatic rings. The number of para-hydroxylation sites is 2. The molecular formula is C22H26N4O3S. The van der Waals surface area contributed by atoms with Crippen LogP contribution in [0.25, 0.3) is 11.0 Å². The van der Waals surface area contributed by atoms with E-state index in [4.69, 9.17) is 0 Å². The zero-order valence-electron chi connectivity index (χ0n) is 17.2. The molecule has 1 fully saturated rings. The van der Waals surface area contributed by atoms with Crippen molar-refractivity contribution in [2.24, 2.45) is 13.0 Å². The Kier molecular flexibility index (Phi) is 5.62. The Labute approximate surface area is 176 Å². The van der Waals surface area contributed by atoms with E-state index < -0.39 is 10.0 Å². The molecule has 30 heavy (non-hydrogen) atoms. The summed E-state index contributed by atoms with van der Waals surface area (Å²) in [6.07, 6.45) is 1.03. The quantitative estimate of drug-likeness (QED) is 0.680. The number of hydrogen-bond donors (Lipinski definition) is 1. The first-order valence-electron chi connectivity index (χ1n) is 10.1. The molecule has 0 atom stereocenters. The second-order valence-electron chi connectivity index (χ2n) is 7.78. The van der Waals surface area contributed by atoms with Gasteiger partial charge >= 0.3 is 0 Å². The van der Waals surface area contributed by atoms with Gasteiger partial charge in [0.05, 0.1) is 22.5 Å². The second kappa shape index (κ2) is 8.20. The number of carbonyl (C=O) groups excluding carboxylic acids is 1. The number of nitrogens with zero attached hydrogens (tertiary/aromatic N) is 3. The number of nitrogens with one attached hydrogen (secondary N) is 1. The van der Waals surface area contributed by atoms with Crippen molar-refractivity contribution in [3.05, 3.63) is 59.9 Å². The minimum absolute atomic E-state index is 0.0468. The van der Waals surface area contributed by atoms with Crippen LogP contribution in [0.2, 0.25) is 0 Å². The monoisotopic (exact) mass is 426 g/mol. The molecule has 8 heteroatoms. The maximum Gasteiger partial charge on any atom is 0.243 e. The number of fused-ring (bicyclic) bond motifs is 1. The van der Waals surface area contributed by atoms with Crippen LogP contribution in [0.5, 0.6) is 0 Å². The highest BCUT2D eigenvalue weighted by atomic mass is 32.2. The third-order valence-electron chi connectivity index (χ3n) is 5.78. The molecule has 1 N–H and O–H groups in total. The highest BCUT2D eigenvalue weighted by Crippen LogP contribution is 2.24. The summed E-state index contributed by atoms with van der Waals surface area (Å²) < 4.78 is 29.1. The van der Waals surface area contributed by atoms with E-state index in [1.165, 1.54) is 4.31 Å². The molecule has 1 aliphatic heterocycles. The van der Waals surface area contributed by atoms with Gasteiger partial charge in [-0.25, -0.2) is 13.4 Å². The van der Waals surface area contributed by atoms with Gasteiger partial charge in [-0.3, -0.25) is 4.79 Å².